The van der Waals surface area contributed by atoms with E-state index in [0.717, 1.165) is 12.1 Å². The second kappa shape index (κ2) is 5.03. The number of nitrogens with zero attached hydrogens (tertiary/aromatic N) is 2. The fourth-order valence-electron chi connectivity index (χ4n) is 3.86. The zero-order valence-corrected chi connectivity index (χ0v) is 10.3. The van der Waals surface area contributed by atoms with Crippen molar-refractivity contribution in [2.45, 2.75) is 44.2 Å². The van der Waals surface area contributed by atoms with E-state index in [1.54, 1.807) is 0 Å². The van der Waals surface area contributed by atoms with Gasteiger partial charge in [-0.1, -0.05) is 6.42 Å². The Labute approximate surface area is 99.2 Å². The average molecular weight is 223 g/mol. The molecule has 92 valence electrons. The summed E-state index contributed by atoms with van der Waals surface area (Å²) in [6, 6.07) is 1.76. The molecule has 3 rings (SSSR count). The number of rotatable bonds is 2. The summed E-state index contributed by atoms with van der Waals surface area (Å²) in [6.07, 6.45) is 7.22. The summed E-state index contributed by atoms with van der Waals surface area (Å²) in [5.74, 6) is 0. The van der Waals surface area contributed by atoms with Crippen LogP contribution in [0.1, 0.15) is 32.1 Å². The highest BCUT2D eigenvalue weighted by Crippen LogP contribution is 2.30. The Morgan fingerprint density at radius 1 is 0.688 bits per heavy atom. The number of hydrogen-bond acceptors (Lipinski definition) is 3. The summed E-state index contributed by atoms with van der Waals surface area (Å²) >= 11 is 0. The molecule has 1 saturated carbocycles. The Morgan fingerprint density at radius 3 is 1.88 bits per heavy atom. The molecular weight excluding hydrogens is 198 g/mol. The van der Waals surface area contributed by atoms with Crippen LogP contribution in [0.4, 0.5) is 0 Å². The lowest BCUT2D eigenvalue weighted by Crippen LogP contribution is -2.54. The Bertz CT molecular complexity index is 219. The van der Waals surface area contributed by atoms with Crippen LogP contribution in [0.2, 0.25) is 0 Å². The third-order valence-corrected chi connectivity index (χ3v) is 4.67. The van der Waals surface area contributed by atoms with Crippen molar-refractivity contribution in [3.05, 3.63) is 0 Å². The molecule has 0 bridgehead atoms. The molecule has 3 fully saturated rings. The van der Waals surface area contributed by atoms with Crippen LogP contribution in [-0.2, 0) is 0 Å². The molecule has 3 heteroatoms. The van der Waals surface area contributed by atoms with E-state index < -0.39 is 0 Å². The van der Waals surface area contributed by atoms with Crippen molar-refractivity contribution in [3.63, 3.8) is 0 Å². The van der Waals surface area contributed by atoms with Crippen LogP contribution in [0.5, 0.6) is 0 Å². The van der Waals surface area contributed by atoms with Gasteiger partial charge in [0.1, 0.15) is 0 Å². The van der Waals surface area contributed by atoms with Crippen LogP contribution in [-0.4, -0.2) is 61.2 Å². The van der Waals surface area contributed by atoms with Crippen LogP contribution in [0.25, 0.3) is 0 Å². The predicted molar refractivity (Wildman–Crippen MR) is 66.7 cm³/mol. The van der Waals surface area contributed by atoms with Crippen LogP contribution < -0.4 is 5.32 Å². The lowest BCUT2D eigenvalue weighted by atomic mass is 10.1. The molecule has 2 saturated heterocycles. The number of hydrogen-bond donors (Lipinski definition) is 1. The highest BCUT2D eigenvalue weighted by molar-refractivity contribution is 4.94. The quantitative estimate of drug-likeness (QED) is 0.751. The van der Waals surface area contributed by atoms with Gasteiger partial charge in [-0.05, 0) is 38.8 Å². The lowest BCUT2D eigenvalue weighted by Gasteiger charge is -2.39. The van der Waals surface area contributed by atoms with Gasteiger partial charge in [0.05, 0.1) is 0 Å². The van der Waals surface area contributed by atoms with E-state index in [9.17, 15) is 0 Å². The van der Waals surface area contributed by atoms with Crippen molar-refractivity contribution in [1.82, 2.24) is 15.1 Å². The molecule has 0 aromatic heterocycles. The van der Waals surface area contributed by atoms with Crippen molar-refractivity contribution >= 4 is 0 Å². The summed E-state index contributed by atoms with van der Waals surface area (Å²) in [6.45, 7) is 7.68. The Hall–Kier alpha value is -0.120. The van der Waals surface area contributed by atoms with Crippen LogP contribution in [0.3, 0.4) is 0 Å². The second-order valence-electron chi connectivity index (χ2n) is 5.59. The zero-order chi connectivity index (χ0) is 10.8. The van der Waals surface area contributed by atoms with E-state index in [1.807, 2.05) is 0 Å². The normalized spacial score (nSPS) is 38.2. The summed E-state index contributed by atoms with van der Waals surface area (Å²) in [4.78, 5) is 5.53. The Kier molecular flexibility index (Phi) is 3.46. The smallest absolute Gasteiger partial charge is 0.0252 e. The standard InChI is InChI=1S/C13H25N3/c1-2-9-15(8-1)12-4-3-5-13(12)16-10-6-14-7-11-16/h12-14H,1-11H2/t12-,13-/m1/s1. The van der Waals surface area contributed by atoms with Gasteiger partial charge in [-0.25, -0.2) is 0 Å². The third kappa shape index (κ3) is 2.13. The van der Waals surface area contributed by atoms with Gasteiger partial charge in [0, 0.05) is 38.3 Å². The average Bonchev–Trinajstić information content (AvgIpc) is 3.01. The largest absolute Gasteiger partial charge is 0.314 e. The topological polar surface area (TPSA) is 18.5 Å². The molecule has 3 nitrogen and oxygen atoms in total. The maximum Gasteiger partial charge on any atom is 0.0252 e. The van der Waals surface area contributed by atoms with Gasteiger partial charge >= 0.3 is 0 Å². The second-order valence-corrected chi connectivity index (χ2v) is 5.59. The number of nitrogens with one attached hydrogen (secondary N) is 1. The Balaban J connectivity index is 1.63. The monoisotopic (exact) mass is 223 g/mol. The molecule has 0 radical (unpaired) electrons. The van der Waals surface area contributed by atoms with Gasteiger partial charge in [0.15, 0.2) is 0 Å². The van der Waals surface area contributed by atoms with E-state index in [0.29, 0.717) is 0 Å². The summed E-state index contributed by atoms with van der Waals surface area (Å²) in [7, 11) is 0. The maximum atomic E-state index is 3.47. The fourth-order valence-corrected chi connectivity index (χ4v) is 3.86. The van der Waals surface area contributed by atoms with E-state index in [4.69, 9.17) is 0 Å². The minimum atomic E-state index is 0.875. The molecule has 0 aromatic carbocycles. The van der Waals surface area contributed by atoms with E-state index in [-0.39, 0.29) is 0 Å². The van der Waals surface area contributed by atoms with Crippen molar-refractivity contribution < 1.29 is 0 Å². The molecule has 2 aliphatic heterocycles. The molecular formula is C13H25N3. The predicted octanol–water partition coefficient (Wildman–Crippen LogP) is 0.909. The minimum absolute atomic E-state index is 0.875. The first-order valence-electron chi connectivity index (χ1n) is 7.14. The molecule has 0 unspecified atom stereocenters. The van der Waals surface area contributed by atoms with Gasteiger partial charge in [-0.15, -0.1) is 0 Å². The third-order valence-electron chi connectivity index (χ3n) is 4.67. The lowest BCUT2D eigenvalue weighted by molar-refractivity contribution is 0.101. The van der Waals surface area contributed by atoms with E-state index in [2.05, 4.69) is 15.1 Å². The molecule has 0 aromatic rings. The SMILES string of the molecule is C1C[C@@H](N2CCCC2)[C@H](N2CCNCC2)C1. The van der Waals surface area contributed by atoms with Crippen molar-refractivity contribution in [2.75, 3.05) is 39.3 Å². The summed E-state index contributed by atoms with van der Waals surface area (Å²) in [5, 5.41) is 3.47. The molecule has 1 N–H and O–H groups in total. The first-order chi connectivity index (χ1) is 7.95. The van der Waals surface area contributed by atoms with Gasteiger partial charge in [0.2, 0.25) is 0 Å². The van der Waals surface area contributed by atoms with Crippen LogP contribution in [0.15, 0.2) is 0 Å². The molecule has 2 heterocycles. The molecule has 0 spiro atoms. The summed E-state index contributed by atoms with van der Waals surface area (Å²) in [5.41, 5.74) is 0. The van der Waals surface area contributed by atoms with E-state index in [1.165, 1.54) is 71.4 Å². The molecule has 0 amide bonds. The molecule has 16 heavy (non-hydrogen) atoms. The van der Waals surface area contributed by atoms with Crippen LogP contribution >= 0.6 is 0 Å². The first-order valence-corrected chi connectivity index (χ1v) is 7.14. The van der Waals surface area contributed by atoms with E-state index >= 15 is 0 Å². The highest BCUT2D eigenvalue weighted by atomic mass is 15.3. The fraction of sp³-hybridized carbons (Fsp3) is 1.00. The van der Waals surface area contributed by atoms with Crippen molar-refractivity contribution in [2.24, 2.45) is 0 Å². The van der Waals surface area contributed by atoms with Gasteiger partial charge in [-0.3, -0.25) is 9.80 Å². The van der Waals surface area contributed by atoms with Gasteiger partial charge in [-0.2, -0.15) is 0 Å². The molecule has 3 aliphatic rings. The van der Waals surface area contributed by atoms with Gasteiger partial charge in [0.25, 0.3) is 0 Å². The first kappa shape index (κ1) is 11.0. The number of likely N-dealkylation sites (tertiary alicyclic amines) is 1. The highest BCUT2D eigenvalue weighted by Gasteiger charge is 2.36. The van der Waals surface area contributed by atoms with Crippen LogP contribution in [0, 0.1) is 0 Å². The zero-order valence-electron chi connectivity index (χ0n) is 10.3. The summed E-state index contributed by atoms with van der Waals surface area (Å²) < 4.78 is 0. The molecule has 2 atom stereocenters. The van der Waals surface area contributed by atoms with Gasteiger partial charge < -0.3 is 5.32 Å². The van der Waals surface area contributed by atoms with Crippen molar-refractivity contribution in [3.8, 4) is 0 Å². The molecule has 1 aliphatic carbocycles. The van der Waals surface area contributed by atoms with Crippen molar-refractivity contribution in [1.29, 1.82) is 0 Å². The Morgan fingerprint density at radius 2 is 1.25 bits per heavy atom. The maximum absolute atomic E-state index is 3.47. The number of piperazine rings is 1. The minimum Gasteiger partial charge on any atom is -0.314 e.